The van der Waals surface area contributed by atoms with Crippen LogP contribution < -0.4 is 0 Å². The lowest BCUT2D eigenvalue weighted by Gasteiger charge is -2.18. The summed E-state index contributed by atoms with van der Waals surface area (Å²) in [6, 6.07) is 0. The number of carbonyl (C=O) groups excluding carboxylic acids is 2. The third-order valence-electron chi connectivity index (χ3n) is 10.7. The van der Waals surface area contributed by atoms with Crippen LogP contribution in [0, 0.1) is 0 Å². The number of esters is 2. The van der Waals surface area contributed by atoms with Gasteiger partial charge in [0.15, 0.2) is 6.10 Å². The highest BCUT2D eigenvalue weighted by molar-refractivity contribution is 7.46. The lowest BCUT2D eigenvalue weighted by Crippen LogP contribution is -2.29. The Kier molecular flexibility index (Phi) is 43.0. The van der Waals surface area contributed by atoms with Crippen molar-refractivity contribution in [3.63, 3.8) is 0 Å². The Morgan fingerprint density at radius 3 is 1.16 bits per heavy atom. The first-order chi connectivity index (χ1) is 27.8. The Labute approximate surface area is 351 Å². The molecule has 0 saturated heterocycles. The number of hydrogen-bond acceptors (Lipinski definition) is 6. The van der Waals surface area contributed by atoms with Crippen LogP contribution in [0.4, 0.5) is 0 Å². The zero-order chi connectivity index (χ0) is 41.8. The van der Waals surface area contributed by atoms with Gasteiger partial charge in [0.2, 0.25) is 0 Å². The van der Waals surface area contributed by atoms with Crippen molar-refractivity contribution in [3.8, 4) is 0 Å². The molecule has 0 amide bonds. The number of hydrogen-bond donors (Lipinski definition) is 2. The van der Waals surface area contributed by atoms with Crippen molar-refractivity contribution in [2.75, 3.05) is 13.2 Å². The summed E-state index contributed by atoms with van der Waals surface area (Å²) in [5.41, 5.74) is 0. The molecular weight excluding hydrogens is 735 g/mol. The molecule has 8 nitrogen and oxygen atoms in total. The van der Waals surface area contributed by atoms with Gasteiger partial charge in [-0.2, -0.15) is 0 Å². The summed E-state index contributed by atoms with van der Waals surface area (Å²) in [6.45, 7) is 3.71. The monoisotopic (exact) mass is 827 g/mol. The fourth-order valence-corrected chi connectivity index (χ4v) is 7.47. The van der Waals surface area contributed by atoms with Crippen molar-refractivity contribution in [1.29, 1.82) is 0 Å². The zero-order valence-electron chi connectivity index (χ0n) is 37.3. The summed E-state index contributed by atoms with van der Waals surface area (Å²) in [7, 11) is -4.76. The van der Waals surface area contributed by atoms with E-state index >= 15 is 0 Å². The van der Waals surface area contributed by atoms with E-state index in [9.17, 15) is 14.2 Å². The molecule has 0 aliphatic heterocycles. The fraction of sp³-hybridized carbons (Fsp3) is 0.875. The number of ether oxygens (including phenoxy) is 2. The molecule has 1 atom stereocenters. The van der Waals surface area contributed by atoms with E-state index in [0.29, 0.717) is 6.42 Å². The molecule has 0 saturated carbocycles. The summed E-state index contributed by atoms with van der Waals surface area (Å²) in [6.07, 6.45) is 51.9. The van der Waals surface area contributed by atoms with Gasteiger partial charge in [-0.15, -0.1) is 0 Å². The van der Waals surface area contributed by atoms with E-state index in [1.807, 2.05) is 0 Å². The van der Waals surface area contributed by atoms with Crippen molar-refractivity contribution in [2.24, 2.45) is 0 Å². The van der Waals surface area contributed by atoms with Gasteiger partial charge in [0.25, 0.3) is 0 Å². The molecule has 9 heteroatoms. The smallest absolute Gasteiger partial charge is 0.462 e. The van der Waals surface area contributed by atoms with Crippen LogP contribution in [0.2, 0.25) is 0 Å². The molecule has 0 bridgehead atoms. The van der Waals surface area contributed by atoms with Crippen LogP contribution in [0.3, 0.4) is 0 Å². The largest absolute Gasteiger partial charge is 0.469 e. The molecular formula is C48H91O8P. The van der Waals surface area contributed by atoms with E-state index in [0.717, 1.165) is 51.4 Å². The van der Waals surface area contributed by atoms with Crippen molar-refractivity contribution < 1.29 is 37.9 Å². The topological polar surface area (TPSA) is 119 Å². The number of phosphoric ester groups is 1. The summed E-state index contributed by atoms with van der Waals surface area (Å²) in [5, 5.41) is 0. The van der Waals surface area contributed by atoms with Crippen LogP contribution in [0.1, 0.15) is 251 Å². The molecule has 0 aliphatic carbocycles. The third-order valence-corrected chi connectivity index (χ3v) is 11.2. The van der Waals surface area contributed by atoms with Crippen molar-refractivity contribution in [3.05, 3.63) is 24.3 Å². The number of carbonyl (C=O) groups is 2. The molecule has 336 valence electrons. The van der Waals surface area contributed by atoms with E-state index in [1.54, 1.807) is 0 Å². The normalized spacial score (nSPS) is 12.6. The summed E-state index contributed by atoms with van der Waals surface area (Å²) in [5.74, 6) is -0.876. The maximum atomic E-state index is 12.5. The Balaban J connectivity index is 3.83. The van der Waals surface area contributed by atoms with Crippen LogP contribution >= 0.6 is 7.82 Å². The molecule has 2 N–H and O–H groups in total. The van der Waals surface area contributed by atoms with Gasteiger partial charge >= 0.3 is 19.8 Å². The molecule has 0 spiro atoms. The lowest BCUT2D eigenvalue weighted by molar-refractivity contribution is -0.161. The SMILES string of the molecule is CCCCCCC/C=C\C/C=C\CCCCCCCCCCCC(=O)OC(COC(=O)CCCCCCCCCCCCCCCCCCCC)COP(=O)(O)O. The molecule has 0 aromatic carbocycles. The standard InChI is InChI=1S/C48H91O8P/c1-3-5-7-9-11-13-15-17-19-21-23-24-25-27-29-31-33-35-37-39-41-43-48(50)56-46(45-55-57(51,52)53)44-54-47(49)42-40-38-36-34-32-30-28-26-22-20-18-16-14-12-10-8-6-4-2/h15,17,21,23,46H,3-14,16,18-20,22,24-45H2,1-2H3,(H2,51,52,53)/b17-15-,23-21-. The Hall–Kier alpha value is -1.47. The first-order valence-electron chi connectivity index (χ1n) is 24.1. The second kappa shape index (κ2) is 44.1. The van der Waals surface area contributed by atoms with Gasteiger partial charge in [-0.1, -0.05) is 218 Å². The number of rotatable bonds is 45. The van der Waals surface area contributed by atoms with Gasteiger partial charge in [-0.05, 0) is 44.9 Å². The highest BCUT2D eigenvalue weighted by Gasteiger charge is 2.23. The van der Waals surface area contributed by atoms with Gasteiger partial charge in [-0.25, -0.2) is 4.57 Å². The second-order valence-corrected chi connectivity index (χ2v) is 17.7. The van der Waals surface area contributed by atoms with Crippen molar-refractivity contribution in [1.82, 2.24) is 0 Å². The molecule has 57 heavy (non-hydrogen) atoms. The first-order valence-corrected chi connectivity index (χ1v) is 25.7. The Bertz CT molecular complexity index is 977. The summed E-state index contributed by atoms with van der Waals surface area (Å²) >= 11 is 0. The minimum Gasteiger partial charge on any atom is -0.462 e. The highest BCUT2D eigenvalue weighted by atomic mass is 31.2. The Morgan fingerprint density at radius 1 is 0.456 bits per heavy atom. The van der Waals surface area contributed by atoms with E-state index in [-0.39, 0.29) is 19.4 Å². The minimum absolute atomic E-state index is 0.210. The lowest BCUT2D eigenvalue weighted by atomic mass is 10.0. The molecule has 0 heterocycles. The van der Waals surface area contributed by atoms with Crippen LogP contribution in [0.5, 0.6) is 0 Å². The van der Waals surface area contributed by atoms with Gasteiger partial charge in [0, 0.05) is 12.8 Å². The van der Waals surface area contributed by atoms with E-state index in [2.05, 4.69) is 42.7 Å². The number of unbranched alkanes of at least 4 members (excludes halogenated alkanes) is 31. The third kappa shape index (κ3) is 47.1. The number of allylic oxidation sites excluding steroid dienone is 4. The molecule has 0 aromatic heterocycles. The molecule has 0 aromatic rings. The van der Waals surface area contributed by atoms with Crippen LogP contribution in [0.25, 0.3) is 0 Å². The van der Waals surface area contributed by atoms with Crippen LogP contribution in [0.15, 0.2) is 24.3 Å². The van der Waals surface area contributed by atoms with Gasteiger partial charge in [0.05, 0.1) is 6.61 Å². The maximum absolute atomic E-state index is 12.5. The quantitative estimate of drug-likeness (QED) is 0.0270. The first kappa shape index (κ1) is 55.5. The molecule has 0 radical (unpaired) electrons. The minimum atomic E-state index is -4.76. The van der Waals surface area contributed by atoms with Gasteiger partial charge in [0.1, 0.15) is 6.61 Å². The van der Waals surface area contributed by atoms with Crippen LogP contribution in [-0.4, -0.2) is 41.0 Å². The van der Waals surface area contributed by atoms with Crippen molar-refractivity contribution in [2.45, 2.75) is 258 Å². The summed E-state index contributed by atoms with van der Waals surface area (Å²) < 4.78 is 26.5. The van der Waals surface area contributed by atoms with Crippen LogP contribution in [-0.2, 0) is 28.2 Å². The highest BCUT2D eigenvalue weighted by Crippen LogP contribution is 2.36. The summed E-state index contributed by atoms with van der Waals surface area (Å²) in [4.78, 5) is 43.0. The van der Waals surface area contributed by atoms with E-state index in [1.165, 1.54) is 167 Å². The van der Waals surface area contributed by atoms with Gasteiger partial charge < -0.3 is 19.3 Å². The van der Waals surface area contributed by atoms with E-state index < -0.39 is 32.5 Å². The maximum Gasteiger partial charge on any atom is 0.469 e. The zero-order valence-corrected chi connectivity index (χ0v) is 38.1. The predicted molar refractivity (Wildman–Crippen MR) is 239 cm³/mol. The average molecular weight is 827 g/mol. The molecule has 0 rings (SSSR count). The fourth-order valence-electron chi connectivity index (χ4n) is 7.11. The average Bonchev–Trinajstić information content (AvgIpc) is 3.18. The Morgan fingerprint density at radius 2 is 0.789 bits per heavy atom. The predicted octanol–water partition coefficient (Wildman–Crippen LogP) is 15.1. The molecule has 0 fully saturated rings. The molecule has 1 unspecified atom stereocenters. The number of phosphoric acid groups is 1. The van der Waals surface area contributed by atoms with Gasteiger partial charge in [-0.3, -0.25) is 14.1 Å². The second-order valence-electron chi connectivity index (χ2n) is 16.4. The van der Waals surface area contributed by atoms with E-state index in [4.69, 9.17) is 19.3 Å². The molecule has 0 aliphatic rings. The van der Waals surface area contributed by atoms with Crippen molar-refractivity contribution >= 4 is 19.8 Å².